The van der Waals surface area contributed by atoms with Crippen molar-refractivity contribution in [3.8, 4) is 0 Å². The van der Waals surface area contributed by atoms with Gasteiger partial charge in [0.05, 0.1) is 5.75 Å². The number of benzene rings is 1. The van der Waals surface area contributed by atoms with Crippen molar-refractivity contribution in [2.45, 2.75) is 38.5 Å². The van der Waals surface area contributed by atoms with Gasteiger partial charge in [-0.2, -0.15) is 0 Å². The summed E-state index contributed by atoms with van der Waals surface area (Å²) in [7, 11) is -3.34. The Labute approximate surface area is 146 Å². The molecule has 0 unspecified atom stereocenters. The molecule has 1 aliphatic heterocycles. The Morgan fingerprint density at radius 2 is 1.83 bits per heavy atom. The number of hydrogen-bond donors (Lipinski definition) is 1. The minimum Gasteiger partial charge on any atom is -0.354 e. The molecule has 5 nitrogen and oxygen atoms in total. The molecule has 0 aromatic heterocycles. The van der Waals surface area contributed by atoms with E-state index in [-0.39, 0.29) is 23.6 Å². The molecule has 0 aliphatic carbocycles. The second-order valence-corrected chi connectivity index (χ2v) is 9.10. The highest BCUT2D eigenvalue weighted by Crippen LogP contribution is 2.22. The molecule has 7 heteroatoms. The van der Waals surface area contributed by atoms with Gasteiger partial charge in [-0.1, -0.05) is 28.1 Å². The number of carbonyl (C=O) groups is 1. The lowest BCUT2D eigenvalue weighted by Gasteiger charge is -2.31. The maximum absolute atomic E-state index is 12.5. The van der Waals surface area contributed by atoms with Gasteiger partial charge in [0.25, 0.3) is 0 Å². The average molecular weight is 403 g/mol. The third-order valence-corrected chi connectivity index (χ3v) is 6.29. The molecule has 0 bridgehead atoms. The Hall–Kier alpha value is -0.920. The normalized spacial score (nSPS) is 17.4. The molecule has 1 N–H and O–H groups in total. The summed E-state index contributed by atoms with van der Waals surface area (Å²) in [6, 6.07) is 7.41. The Balaban J connectivity index is 1.93. The van der Waals surface area contributed by atoms with Gasteiger partial charge >= 0.3 is 0 Å². The third kappa shape index (κ3) is 5.29. The first kappa shape index (κ1) is 18.4. The monoisotopic (exact) mass is 402 g/mol. The molecule has 0 radical (unpaired) electrons. The third-order valence-electron chi connectivity index (χ3n) is 3.91. The van der Waals surface area contributed by atoms with Crippen molar-refractivity contribution < 1.29 is 13.2 Å². The number of halogens is 1. The molecule has 1 aliphatic rings. The molecule has 0 atom stereocenters. The number of carbonyl (C=O) groups excluding carboxylic acids is 1. The van der Waals surface area contributed by atoms with Crippen LogP contribution in [0.1, 0.15) is 32.3 Å². The first-order chi connectivity index (χ1) is 10.8. The maximum Gasteiger partial charge on any atom is 0.223 e. The highest BCUT2D eigenvalue weighted by molar-refractivity contribution is 9.10. The van der Waals surface area contributed by atoms with Gasteiger partial charge in [-0.3, -0.25) is 4.79 Å². The molecule has 1 aromatic rings. The van der Waals surface area contributed by atoms with Gasteiger partial charge in [-0.25, -0.2) is 12.7 Å². The van der Waals surface area contributed by atoms with Crippen LogP contribution < -0.4 is 5.32 Å². The number of amides is 1. The zero-order valence-corrected chi connectivity index (χ0v) is 15.9. The number of sulfonamides is 1. The number of rotatable bonds is 5. The van der Waals surface area contributed by atoms with E-state index in [2.05, 4.69) is 21.2 Å². The van der Waals surface area contributed by atoms with Crippen LogP contribution in [0.3, 0.4) is 0 Å². The lowest BCUT2D eigenvalue weighted by molar-refractivity contribution is -0.126. The number of piperidine rings is 1. The summed E-state index contributed by atoms with van der Waals surface area (Å²) >= 11 is 3.34. The van der Waals surface area contributed by atoms with E-state index in [4.69, 9.17) is 0 Å². The summed E-state index contributed by atoms with van der Waals surface area (Å²) < 4.78 is 27.5. The van der Waals surface area contributed by atoms with Gasteiger partial charge in [0.2, 0.25) is 15.9 Å². The van der Waals surface area contributed by atoms with Gasteiger partial charge in [0.1, 0.15) is 0 Å². The van der Waals surface area contributed by atoms with E-state index in [1.807, 2.05) is 38.1 Å². The molecule has 1 amide bonds. The molecular formula is C16H23BrN2O3S. The van der Waals surface area contributed by atoms with Crippen LogP contribution in [0.4, 0.5) is 0 Å². The van der Waals surface area contributed by atoms with E-state index in [0.717, 1.165) is 10.0 Å². The van der Waals surface area contributed by atoms with E-state index in [9.17, 15) is 13.2 Å². The van der Waals surface area contributed by atoms with Crippen molar-refractivity contribution in [3.63, 3.8) is 0 Å². The number of nitrogens with zero attached hydrogens (tertiary/aromatic N) is 1. The van der Waals surface area contributed by atoms with E-state index in [0.29, 0.717) is 25.9 Å². The summed E-state index contributed by atoms with van der Waals surface area (Å²) in [5.74, 6) is -0.0511. The van der Waals surface area contributed by atoms with Gasteiger partial charge < -0.3 is 5.32 Å². The van der Waals surface area contributed by atoms with Crippen LogP contribution in [0.15, 0.2) is 28.7 Å². The Bertz CT molecular complexity index is 636. The molecule has 1 aromatic carbocycles. The molecule has 1 heterocycles. The average Bonchev–Trinajstić information content (AvgIpc) is 2.49. The molecule has 23 heavy (non-hydrogen) atoms. The highest BCUT2D eigenvalue weighted by Gasteiger charge is 2.31. The zero-order valence-electron chi connectivity index (χ0n) is 13.5. The van der Waals surface area contributed by atoms with E-state index >= 15 is 0 Å². The summed E-state index contributed by atoms with van der Waals surface area (Å²) in [5, 5.41) is 2.90. The Morgan fingerprint density at radius 3 is 2.35 bits per heavy atom. The van der Waals surface area contributed by atoms with E-state index in [1.165, 1.54) is 4.31 Å². The Morgan fingerprint density at radius 1 is 1.26 bits per heavy atom. The quantitative estimate of drug-likeness (QED) is 0.822. The smallest absolute Gasteiger partial charge is 0.223 e. The van der Waals surface area contributed by atoms with Crippen molar-refractivity contribution in [3.05, 3.63) is 34.3 Å². The topological polar surface area (TPSA) is 66.5 Å². The lowest BCUT2D eigenvalue weighted by atomic mass is 9.97. The van der Waals surface area contributed by atoms with Gasteiger partial charge in [0, 0.05) is 29.5 Å². The number of nitrogens with one attached hydrogen (secondary N) is 1. The van der Waals surface area contributed by atoms with Gasteiger partial charge in [-0.05, 0) is 44.4 Å². The van der Waals surface area contributed by atoms with Crippen LogP contribution in [-0.2, 0) is 20.6 Å². The van der Waals surface area contributed by atoms with Gasteiger partial charge in [0.15, 0.2) is 0 Å². The zero-order chi connectivity index (χ0) is 17.0. The van der Waals surface area contributed by atoms with Crippen molar-refractivity contribution in [1.29, 1.82) is 0 Å². The van der Waals surface area contributed by atoms with Crippen LogP contribution in [0.5, 0.6) is 0 Å². The van der Waals surface area contributed by atoms with Crippen LogP contribution in [0, 0.1) is 5.92 Å². The predicted molar refractivity (Wildman–Crippen MR) is 94.3 cm³/mol. The van der Waals surface area contributed by atoms with E-state index < -0.39 is 10.0 Å². The molecule has 1 fully saturated rings. The fraction of sp³-hybridized carbons (Fsp3) is 0.562. The number of hydrogen-bond acceptors (Lipinski definition) is 3. The highest BCUT2D eigenvalue weighted by atomic mass is 79.9. The van der Waals surface area contributed by atoms with Crippen LogP contribution in [0.25, 0.3) is 0 Å². The maximum atomic E-state index is 12.5. The summed E-state index contributed by atoms with van der Waals surface area (Å²) in [6.45, 7) is 4.68. The molecule has 0 spiro atoms. The second-order valence-electron chi connectivity index (χ2n) is 6.22. The Kier molecular flexibility index (Phi) is 6.22. The van der Waals surface area contributed by atoms with Crippen molar-refractivity contribution in [2.75, 3.05) is 13.1 Å². The first-order valence-electron chi connectivity index (χ1n) is 7.80. The summed E-state index contributed by atoms with van der Waals surface area (Å²) in [4.78, 5) is 12.0. The fourth-order valence-corrected chi connectivity index (χ4v) is 4.51. The fourth-order valence-electron chi connectivity index (χ4n) is 2.68. The predicted octanol–water partition coefficient (Wildman–Crippen LogP) is 2.52. The molecule has 2 rings (SSSR count). The molecule has 128 valence electrons. The second kappa shape index (κ2) is 7.77. The molecule has 1 saturated heterocycles. The van der Waals surface area contributed by atoms with Crippen LogP contribution in [0.2, 0.25) is 0 Å². The van der Waals surface area contributed by atoms with Gasteiger partial charge in [-0.15, -0.1) is 0 Å². The summed E-state index contributed by atoms with van der Waals surface area (Å²) in [5.41, 5.74) is 0.771. The standard InChI is InChI=1S/C16H23BrN2O3S/c1-12(2)18-16(20)14-7-9-19(10-8-14)23(21,22)11-13-3-5-15(17)6-4-13/h3-6,12,14H,7-11H2,1-2H3,(H,18,20). The van der Waals surface area contributed by atoms with Crippen molar-refractivity contribution in [2.24, 2.45) is 5.92 Å². The van der Waals surface area contributed by atoms with Crippen molar-refractivity contribution >= 4 is 31.9 Å². The minimum atomic E-state index is -3.34. The summed E-state index contributed by atoms with van der Waals surface area (Å²) in [6.07, 6.45) is 1.16. The first-order valence-corrected chi connectivity index (χ1v) is 10.2. The van der Waals surface area contributed by atoms with Crippen LogP contribution in [-0.4, -0.2) is 37.8 Å². The van der Waals surface area contributed by atoms with E-state index in [1.54, 1.807) is 0 Å². The SMILES string of the molecule is CC(C)NC(=O)C1CCN(S(=O)(=O)Cc2ccc(Br)cc2)CC1. The lowest BCUT2D eigenvalue weighted by Crippen LogP contribution is -2.44. The largest absolute Gasteiger partial charge is 0.354 e. The molecular weight excluding hydrogens is 380 g/mol. The minimum absolute atomic E-state index is 0.00311. The van der Waals surface area contributed by atoms with Crippen LogP contribution >= 0.6 is 15.9 Å². The van der Waals surface area contributed by atoms with Crippen molar-refractivity contribution in [1.82, 2.24) is 9.62 Å². The molecule has 0 saturated carbocycles.